The Morgan fingerprint density at radius 1 is 1.35 bits per heavy atom. The number of rotatable bonds is 3. The summed E-state index contributed by atoms with van der Waals surface area (Å²) in [6, 6.07) is 2.82. The largest absolute Gasteiger partial charge is 0.363 e. The van der Waals surface area contributed by atoms with E-state index in [1.54, 1.807) is 6.07 Å². The van der Waals surface area contributed by atoms with E-state index in [4.69, 9.17) is 0 Å². The van der Waals surface area contributed by atoms with Gasteiger partial charge in [-0.3, -0.25) is 4.79 Å². The van der Waals surface area contributed by atoms with Gasteiger partial charge >= 0.3 is 0 Å². The minimum atomic E-state index is -0.549. The van der Waals surface area contributed by atoms with Gasteiger partial charge in [0.1, 0.15) is 17.2 Å². The van der Waals surface area contributed by atoms with E-state index < -0.39 is 5.82 Å². The molecule has 1 aliphatic rings. The fourth-order valence-corrected chi connectivity index (χ4v) is 2.24. The number of fused-ring (bicyclic) bond motifs is 1. The first-order chi connectivity index (χ1) is 9.39. The topological polar surface area (TPSA) is 54.9 Å². The van der Waals surface area contributed by atoms with Gasteiger partial charge in [0.2, 0.25) is 0 Å². The third-order valence-corrected chi connectivity index (χ3v) is 3.73. The molecule has 5 heteroatoms. The second-order valence-corrected chi connectivity index (χ2v) is 5.69. The van der Waals surface area contributed by atoms with E-state index in [1.807, 2.05) is 6.92 Å². The normalized spacial score (nSPS) is 16.2. The number of carbonyl (C=O) groups excluding carboxylic acids is 1. The van der Waals surface area contributed by atoms with Crippen molar-refractivity contribution in [2.45, 2.75) is 39.2 Å². The van der Waals surface area contributed by atoms with Crippen molar-refractivity contribution in [1.29, 1.82) is 0 Å². The lowest BCUT2D eigenvalue weighted by molar-refractivity contribution is 0.101. The Morgan fingerprint density at radius 2 is 2.05 bits per heavy atom. The number of hydrogen-bond acceptors (Lipinski definition) is 4. The third-order valence-electron chi connectivity index (χ3n) is 3.73. The number of aromatic nitrogens is 2. The Kier molecular flexibility index (Phi) is 2.74. The number of hydrogen-bond donors (Lipinski definition) is 1. The van der Waals surface area contributed by atoms with Crippen LogP contribution >= 0.6 is 0 Å². The highest BCUT2D eigenvalue weighted by Gasteiger charge is 2.38. The number of ketones is 1. The molecule has 2 aromatic rings. The molecule has 1 aromatic heterocycles. The molecule has 1 fully saturated rings. The van der Waals surface area contributed by atoms with Crippen LogP contribution in [0.5, 0.6) is 0 Å². The van der Waals surface area contributed by atoms with Gasteiger partial charge in [-0.1, -0.05) is 0 Å². The summed E-state index contributed by atoms with van der Waals surface area (Å²) >= 11 is 0. The van der Waals surface area contributed by atoms with Gasteiger partial charge in [-0.05, 0) is 45.7 Å². The zero-order valence-electron chi connectivity index (χ0n) is 11.7. The monoisotopic (exact) mass is 273 g/mol. The third kappa shape index (κ3) is 2.13. The summed E-state index contributed by atoms with van der Waals surface area (Å²) in [4.78, 5) is 20.5. The van der Waals surface area contributed by atoms with Crippen LogP contribution < -0.4 is 5.32 Å². The second-order valence-electron chi connectivity index (χ2n) is 5.69. The minimum absolute atomic E-state index is 0.0130. The molecule has 0 bridgehead atoms. The van der Waals surface area contributed by atoms with E-state index in [-0.39, 0.29) is 16.9 Å². The van der Waals surface area contributed by atoms with Crippen molar-refractivity contribution in [3.05, 3.63) is 29.2 Å². The summed E-state index contributed by atoms with van der Waals surface area (Å²) in [5.41, 5.74) is 1.69. The fraction of sp³-hybridized carbons (Fsp3) is 0.400. The maximum absolute atomic E-state index is 13.8. The van der Waals surface area contributed by atoms with Crippen LogP contribution in [0.25, 0.3) is 11.0 Å². The van der Waals surface area contributed by atoms with E-state index >= 15 is 0 Å². The molecule has 104 valence electrons. The van der Waals surface area contributed by atoms with Crippen LogP contribution in [0.15, 0.2) is 12.1 Å². The van der Waals surface area contributed by atoms with Gasteiger partial charge in [0.15, 0.2) is 5.78 Å². The van der Waals surface area contributed by atoms with E-state index in [0.29, 0.717) is 16.9 Å². The van der Waals surface area contributed by atoms with Crippen LogP contribution in [-0.4, -0.2) is 21.3 Å². The summed E-state index contributed by atoms with van der Waals surface area (Å²) < 4.78 is 13.8. The molecule has 1 aliphatic carbocycles. The molecule has 0 saturated heterocycles. The number of halogens is 1. The Balaban J connectivity index is 2.20. The van der Waals surface area contributed by atoms with E-state index in [1.165, 1.54) is 13.0 Å². The molecule has 1 N–H and O–H groups in total. The molecule has 1 heterocycles. The van der Waals surface area contributed by atoms with Crippen LogP contribution in [0.2, 0.25) is 0 Å². The van der Waals surface area contributed by atoms with Crippen LogP contribution in [0.3, 0.4) is 0 Å². The van der Waals surface area contributed by atoms with Crippen LogP contribution in [0, 0.1) is 12.7 Å². The molecule has 3 rings (SSSR count). The van der Waals surface area contributed by atoms with Gasteiger partial charge in [0.25, 0.3) is 0 Å². The average molecular weight is 273 g/mol. The Morgan fingerprint density at radius 3 is 2.65 bits per heavy atom. The van der Waals surface area contributed by atoms with Crippen molar-refractivity contribution in [2.75, 3.05) is 5.32 Å². The summed E-state index contributed by atoms with van der Waals surface area (Å²) in [6.07, 6.45) is 2.16. The van der Waals surface area contributed by atoms with Crippen molar-refractivity contribution in [3.8, 4) is 0 Å². The SMILES string of the molecule is CC(=O)c1c(F)ccc2nc(C)c(NC3(C)CC3)nc12. The molecule has 0 atom stereocenters. The standard InChI is InChI=1S/C15H16FN3O/c1-8-14(19-15(3)6-7-15)18-13-11(17-8)5-4-10(16)12(13)9(2)20/h4-5H,6-7H2,1-3H3,(H,18,19). The van der Waals surface area contributed by atoms with Crippen molar-refractivity contribution < 1.29 is 9.18 Å². The van der Waals surface area contributed by atoms with Gasteiger partial charge < -0.3 is 5.32 Å². The first kappa shape index (κ1) is 13.0. The lowest BCUT2D eigenvalue weighted by Crippen LogP contribution is -2.18. The van der Waals surface area contributed by atoms with Crippen LogP contribution in [0.1, 0.15) is 42.7 Å². The lowest BCUT2D eigenvalue weighted by Gasteiger charge is -2.15. The summed E-state index contributed by atoms with van der Waals surface area (Å²) in [6.45, 7) is 5.31. The maximum Gasteiger partial charge on any atom is 0.165 e. The Bertz CT molecular complexity index is 723. The fourth-order valence-electron chi connectivity index (χ4n) is 2.24. The number of nitrogens with one attached hydrogen (secondary N) is 1. The predicted molar refractivity (Wildman–Crippen MR) is 75.5 cm³/mol. The van der Waals surface area contributed by atoms with Crippen molar-refractivity contribution in [3.63, 3.8) is 0 Å². The number of carbonyl (C=O) groups is 1. The lowest BCUT2D eigenvalue weighted by atomic mass is 10.1. The molecule has 1 aromatic carbocycles. The Hall–Kier alpha value is -2.04. The van der Waals surface area contributed by atoms with E-state index in [2.05, 4.69) is 22.2 Å². The highest BCUT2D eigenvalue weighted by Crippen LogP contribution is 2.38. The van der Waals surface area contributed by atoms with Crippen molar-refractivity contribution >= 4 is 22.6 Å². The van der Waals surface area contributed by atoms with Crippen molar-refractivity contribution in [2.24, 2.45) is 0 Å². The smallest absolute Gasteiger partial charge is 0.165 e. The molecule has 0 unspecified atom stereocenters. The van der Waals surface area contributed by atoms with Gasteiger partial charge in [0, 0.05) is 5.54 Å². The minimum Gasteiger partial charge on any atom is -0.363 e. The van der Waals surface area contributed by atoms with Gasteiger partial charge in [-0.2, -0.15) is 0 Å². The highest BCUT2D eigenvalue weighted by atomic mass is 19.1. The molecule has 20 heavy (non-hydrogen) atoms. The average Bonchev–Trinajstić information content (AvgIpc) is 3.08. The number of Topliss-reactive ketones (excluding diaryl/α,β-unsaturated/α-hetero) is 1. The number of benzene rings is 1. The molecule has 0 radical (unpaired) electrons. The number of nitrogens with zero attached hydrogens (tertiary/aromatic N) is 2. The predicted octanol–water partition coefficient (Wildman–Crippen LogP) is 3.24. The van der Waals surface area contributed by atoms with Crippen molar-refractivity contribution in [1.82, 2.24) is 9.97 Å². The number of anilines is 1. The van der Waals surface area contributed by atoms with E-state index in [9.17, 15) is 9.18 Å². The first-order valence-electron chi connectivity index (χ1n) is 6.66. The second kappa shape index (κ2) is 4.23. The molecule has 0 spiro atoms. The molecular weight excluding hydrogens is 257 g/mol. The molecular formula is C15H16FN3O. The van der Waals surface area contributed by atoms with E-state index in [0.717, 1.165) is 18.5 Å². The number of aryl methyl sites for hydroxylation is 1. The summed E-state index contributed by atoms with van der Waals surface area (Å²) in [7, 11) is 0. The summed E-state index contributed by atoms with van der Waals surface area (Å²) in [5.74, 6) is -0.257. The first-order valence-corrected chi connectivity index (χ1v) is 6.66. The summed E-state index contributed by atoms with van der Waals surface area (Å²) in [5, 5.41) is 3.33. The zero-order valence-corrected chi connectivity index (χ0v) is 11.7. The van der Waals surface area contributed by atoms with Crippen LogP contribution in [0.4, 0.5) is 10.2 Å². The highest BCUT2D eigenvalue weighted by molar-refractivity contribution is 6.05. The Labute approximate surface area is 116 Å². The molecule has 0 aliphatic heterocycles. The van der Waals surface area contributed by atoms with Gasteiger partial charge in [-0.15, -0.1) is 0 Å². The molecule has 1 saturated carbocycles. The molecule has 4 nitrogen and oxygen atoms in total. The van der Waals surface area contributed by atoms with Gasteiger partial charge in [0.05, 0.1) is 16.8 Å². The van der Waals surface area contributed by atoms with Gasteiger partial charge in [-0.25, -0.2) is 14.4 Å². The van der Waals surface area contributed by atoms with Crippen LogP contribution in [-0.2, 0) is 0 Å². The zero-order chi connectivity index (χ0) is 14.5. The maximum atomic E-state index is 13.8. The molecule has 0 amide bonds. The quantitative estimate of drug-likeness (QED) is 0.872.